The zero-order chi connectivity index (χ0) is 34.2. The van der Waals surface area contributed by atoms with Crippen molar-refractivity contribution in [1.82, 2.24) is 34.1 Å². The first-order chi connectivity index (χ1) is 22.3. The summed E-state index contributed by atoms with van der Waals surface area (Å²) in [5, 5.41) is 42.0. The molecule has 6 heterocycles. The fraction of sp³-hybridized carbons (Fsp3) is 0.455. The van der Waals surface area contributed by atoms with Crippen molar-refractivity contribution in [2.45, 2.75) is 49.1 Å². The molecule has 0 aromatic carbocycles. The fourth-order valence-corrected chi connectivity index (χ4v) is 6.08. The van der Waals surface area contributed by atoms with E-state index in [1.165, 1.54) is 10.8 Å². The Morgan fingerprint density at radius 1 is 1.09 bits per heavy atom. The Balaban J connectivity index is 0.00000139. The number of ether oxygens (including phenoxy) is 2. The molecule has 0 bridgehead atoms. The second-order valence-electron chi connectivity index (χ2n) is 9.97. The van der Waals surface area contributed by atoms with Crippen LogP contribution in [0.4, 0.5) is 17.5 Å². The summed E-state index contributed by atoms with van der Waals surface area (Å²) < 4.78 is 45.6. The largest absolute Gasteiger partial charge is 0.472 e. The predicted octanol–water partition coefficient (Wildman–Crippen LogP) is -2.16. The second kappa shape index (κ2) is 13.6. The number of phosphoric acid groups is 1. The minimum atomic E-state index is -5.10. The van der Waals surface area contributed by atoms with Crippen molar-refractivity contribution >= 4 is 56.2 Å². The van der Waals surface area contributed by atoms with Gasteiger partial charge in [0.05, 0.1) is 31.5 Å². The molecule has 2 saturated heterocycles. The number of fused-ring (bicyclic) bond motifs is 2. The van der Waals surface area contributed by atoms with Gasteiger partial charge in [0, 0.05) is 6.20 Å². The van der Waals surface area contributed by atoms with E-state index in [4.69, 9.17) is 46.0 Å². The van der Waals surface area contributed by atoms with E-state index in [1.807, 2.05) is 0 Å². The maximum atomic E-state index is 13.0. The molecule has 4 aromatic rings. The predicted molar refractivity (Wildman–Crippen MR) is 154 cm³/mol. The van der Waals surface area contributed by atoms with Crippen molar-refractivity contribution in [3.63, 3.8) is 0 Å². The quantitative estimate of drug-likeness (QED) is 0.0697. The maximum absolute atomic E-state index is 13.0. The van der Waals surface area contributed by atoms with Gasteiger partial charge < -0.3 is 55.7 Å². The standard InChI is InChI=1S/C22H25N10O11P.HO2P/c1-25-7-2-31(17-10(7)16(23)26-5-27-17)20-14(36)12(34)9(42-20)4-40-44(38,39)43-15-13(35)8(3-33)41-21(15)32-6-28-11-18(32)29-22(24)30-19(11)37;1-3-2/h2,5-6,8-9,12-15,20-21,33-36H,3-4H2,(H,38,39)(H2,23,26,27)(H3,24,29,30,37);(H,1,2)/t8-,9-,12-,13-,14-,15-,20-,21-;/m1./s1. The van der Waals surface area contributed by atoms with Crippen LogP contribution < -0.4 is 17.0 Å². The molecule has 0 saturated carbocycles. The van der Waals surface area contributed by atoms with Crippen LogP contribution in [0.3, 0.4) is 0 Å². The molecule has 23 nitrogen and oxygen atoms in total. The number of rotatable bonds is 8. The van der Waals surface area contributed by atoms with Crippen LogP contribution in [0.1, 0.15) is 12.5 Å². The summed E-state index contributed by atoms with van der Waals surface area (Å²) >= 11 is 0. The Labute approximate surface area is 262 Å². The molecule has 11 N–H and O–H groups in total. The molecule has 6 rings (SSSR count). The lowest BCUT2D eigenvalue weighted by Gasteiger charge is -2.25. The average Bonchev–Trinajstić information content (AvgIpc) is 3.76. The number of aliphatic hydroxyl groups is 4. The van der Waals surface area contributed by atoms with Gasteiger partial charge in [-0.1, -0.05) is 0 Å². The lowest BCUT2D eigenvalue weighted by atomic mass is 10.1. The average molecular weight is 700 g/mol. The third-order valence-electron chi connectivity index (χ3n) is 7.22. The van der Waals surface area contributed by atoms with Gasteiger partial charge in [0.2, 0.25) is 11.6 Å². The van der Waals surface area contributed by atoms with Crippen molar-refractivity contribution in [2.75, 3.05) is 24.7 Å². The molecule has 9 atom stereocenters. The van der Waals surface area contributed by atoms with Crippen LogP contribution in [0, 0.1) is 6.57 Å². The van der Waals surface area contributed by atoms with Gasteiger partial charge >= 0.3 is 16.5 Å². The number of nitrogens with one attached hydrogen (secondary N) is 1. The van der Waals surface area contributed by atoms with E-state index in [0.29, 0.717) is 0 Å². The lowest BCUT2D eigenvalue weighted by molar-refractivity contribution is -0.0614. The van der Waals surface area contributed by atoms with Gasteiger partial charge in [-0.3, -0.25) is 23.4 Å². The monoisotopic (exact) mass is 700 g/mol. The summed E-state index contributed by atoms with van der Waals surface area (Å²) in [7, 11) is -5.93. The number of nitrogen functional groups attached to an aromatic ring is 2. The Bertz CT molecular complexity index is 1930. The molecule has 2 aliphatic heterocycles. The minimum absolute atomic E-state index is 0.0144. The Morgan fingerprint density at radius 3 is 2.47 bits per heavy atom. The lowest BCUT2D eigenvalue weighted by Crippen LogP contribution is -2.36. The van der Waals surface area contributed by atoms with Crippen LogP contribution in [-0.4, -0.2) is 114 Å². The zero-order valence-electron chi connectivity index (χ0n) is 23.5. The zero-order valence-corrected chi connectivity index (χ0v) is 25.3. The summed E-state index contributed by atoms with van der Waals surface area (Å²) in [5.74, 6) is -0.250. The van der Waals surface area contributed by atoms with Gasteiger partial charge in [0.1, 0.15) is 54.4 Å². The SMILES string of the molecule is O=PO.[C-]#[N+]c1cn([C@@H]2O[C@H](COP(=O)(O)O[C@@H]3[C@H](O)[C@@H](CO)O[C@H]3n3cnc4c(=O)[nH]c(N)nc43)[C@@H](O)[C@H]2O)c2ncnc(N)c12. The number of aromatic amines is 1. The highest BCUT2D eigenvalue weighted by atomic mass is 31.2. The van der Waals surface area contributed by atoms with E-state index in [2.05, 4.69) is 29.8 Å². The van der Waals surface area contributed by atoms with Crippen LogP contribution in [0.5, 0.6) is 0 Å². The molecule has 2 aliphatic rings. The maximum Gasteiger partial charge on any atom is 0.472 e. The number of nitrogens with zero attached hydrogens (tertiary/aromatic N) is 7. The van der Waals surface area contributed by atoms with Gasteiger partial charge in [0.25, 0.3) is 5.56 Å². The van der Waals surface area contributed by atoms with Gasteiger partial charge in [-0.25, -0.2) is 28.9 Å². The highest BCUT2D eigenvalue weighted by Crippen LogP contribution is 2.50. The summed E-state index contributed by atoms with van der Waals surface area (Å²) in [4.78, 5) is 51.3. The van der Waals surface area contributed by atoms with Crippen molar-refractivity contribution in [3.8, 4) is 0 Å². The van der Waals surface area contributed by atoms with Crippen LogP contribution in [0.25, 0.3) is 27.0 Å². The number of imidazole rings is 1. The normalized spacial score (nSPS) is 28.7. The molecule has 0 radical (unpaired) electrons. The summed E-state index contributed by atoms with van der Waals surface area (Å²) in [5.41, 5.74) is 10.8. The van der Waals surface area contributed by atoms with Gasteiger partial charge in [-0.05, 0) is 0 Å². The molecular formula is C22H26N10O13P2. The first kappa shape index (κ1) is 34.3. The van der Waals surface area contributed by atoms with Crippen molar-refractivity contribution < 1.29 is 57.9 Å². The van der Waals surface area contributed by atoms with E-state index in [9.17, 15) is 34.7 Å². The van der Waals surface area contributed by atoms with Gasteiger partial charge in [-0.2, -0.15) is 4.98 Å². The number of hydrogen-bond donors (Lipinski definition) is 9. The molecular weight excluding hydrogens is 674 g/mol. The van der Waals surface area contributed by atoms with Crippen LogP contribution in [0.15, 0.2) is 23.6 Å². The third-order valence-corrected chi connectivity index (χ3v) is 8.21. The Kier molecular flexibility index (Phi) is 9.94. The molecule has 47 heavy (non-hydrogen) atoms. The first-order valence-electron chi connectivity index (χ1n) is 13.1. The Morgan fingerprint density at radius 2 is 1.79 bits per heavy atom. The topological polar surface area (TPSA) is 343 Å². The number of aromatic nitrogens is 7. The highest BCUT2D eigenvalue weighted by Gasteiger charge is 2.50. The number of nitrogens with two attached hydrogens (primary N) is 2. The summed E-state index contributed by atoms with van der Waals surface area (Å²) in [6, 6.07) is 0. The number of hydrogen-bond acceptors (Lipinski definition) is 17. The number of anilines is 2. The van der Waals surface area contributed by atoms with Crippen LogP contribution >= 0.6 is 16.5 Å². The molecule has 2 fully saturated rings. The first-order valence-corrected chi connectivity index (χ1v) is 15.4. The molecule has 4 aromatic heterocycles. The molecule has 0 amide bonds. The molecule has 252 valence electrons. The molecule has 1 unspecified atom stereocenters. The van der Waals surface area contributed by atoms with Crippen molar-refractivity contribution in [1.29, 1.82) is 0 Å². The highest BCUT2D eigenvalue weighted by molar-refractivity contribution is 7.47. The molecule has 25 heteroatoms. The Hall–Kier alpha value is -4.01. The van der Waals surface area contributed by atoms with Crippen molar-refractivity contribution in [3.05, 3.63) is 40.6 Å². The third kappa shape index (κ3) is 6.46. The van der Waals surface area contributed by atoms with E-state index >= 15 is 0 Å². The van der Waals surface area contributed by atoms with E-state index < -0.39 is 84.4 Å². The summed E-state index contributed by atoms with van der Waals surface area (Å²) in [6.45, 7) is 5.91. The van der Waals surface area contributed by atoms with E-state index in [0.717, 1.165) is 17.2 Å². The van der Waals surface area contributed by atoms with Gasteiger partial charge in [0.15, 0.2) is 23.6 Å². The van der Waals surface area contributed by atoms with Crippen LogP contribution in [-0.2, 0) is 27.7 Å². The van der Waals surface area contributed by atoms with E-state index in [-0.39, 0.29) is 39.7 Å². The second-order valence-corrected chi connectivity index (χ2v) is 11.5. The van der Waals surface area contributed by atoms with Gasteiger partial charge in [-0.15, -0.1) is 0 Å². The number of H-pyrrole nitrogens is 1. The number of phosphoric ester groups is 1. The molecule has 0 aliphatic carbocycles. The van der Waals surface area contributed by atoms with E-state index in [1.54, 1.807) is 0 Å². The van der Waals surface area contributed by atoms with Crippen molar-refractivity contribution in [2.24, 2.45) is 0 Å². The summed E-state index contributed by atoms with van der Waals surface area (Å²) in [6.07, 6.45) is -8.40. The minimum Gasteiger partial charge on any atom is -0.394 e. The smallest absolute Gasteiger partial charge is 0.394 e. The molecule has 0 spiro atoms. The number of aliphatic hydroxyl groups excluding tert-OH is 4. The fourth-order valence-electron chi connectivity index (χ4n) is 5.15. The van der Waals surface area contributed by atoms with Crippen LogP contribution in [0.2, 0.25) is 0 Å².